The molecule has 0 aliphatic carbocycles. The van der Waals surface area contributed by atoms with Crippen molar-refractivity contribution in [2.24, 2.45) is 4.99 Å². The molecule has 1 aliphatic heterocycles. The lowest BCUT2D eigenvalue weighted by atomic mass is 10.0. The fraction of sp³-hybridized carbons (Fsp3) is 0.320. The van der Waals surface area contributed by atoms with Gasteiger partial charge in [-0.05, 0) is 54.7 Å². The molecule has 1 atom stereocenters. The summed E-state index contributed by atoms with van der Waals surface area (Å²) in [6.45, 7) is 12.3. The highest BCUT2D eigenvalue weighted by Gasteiger charge is 2.38. The van der Waals surface area contributed by atoms with Crippen LogP contribution in [0.3, 0.4) is 0 Å². The molecule has 3 rings (SSSR count). The molecular formula is C25H29N3O2S. The molecule has 2 aromatic rings. The molecule has 0 saturated carbocycles. The number of thioether (sulfide) groups is 1. The van der Waals surface area contributed by atoms with E-state index in [0.717, 1.165) is 22.5 Å². The number of nitrogens with one attached hydrogen (secondary N) is 1. The van der Waals surface area contributed by atoms with Crippen molar-refractivity contribution >= 4 is 40.1 Å². The van der Waals surface area contributed by atoms with Crippen molar-refractivity contribution in [1.29, 1.82) is 0 Å². The fourth-order valence-electron chi connectivity index (χ4n) is 3.31. The van der Waals surface area contributed by atoms with Crippen LogP contribution < -0.4 is 5.32 Å². The van der Waals surface area contributed by atoms with E-state index in [1.807, 2.05) is 44.2 Å². The Morgan fingerprint density at radius 1 is 1.23 bits per heavy atom. The first-order chi connectivity index (χ1) is 14.8. The molecule has 0 radical (unpaired) electrons. The zero-order valence-corrected chi connectivity index (χ0v) is 19.3. The minimum atomic E-state index is -0.501. The predicted octanol–water partition coefficient (Wildman–Crippen LogP) is 5.57. The number of carbonyl (C=O) groups excluding carboxylic acids is 2. The van der Waals surface area contributed by atoms with Crippen LogP contribution in [-0.2, 0) is 9.59 Å². The molecular weight excluding hydrogens is 406 g/mol. The Bertz CT molecular complexity index is 1010. The molecule has 1 saturated heterocycles. The van der Waals surface area contributed by atoms with Crippen LogP contribution in [0.25, 0.3) is 0 Å². The average molecular weight is 436 g/mol. The van der Waals surface area contributed by atoms with Crippen molar-refractivity contribution < 1.29 is 9.59 Å². The van der Waals surface area contributed by atoms with E-state index in [1.165, 1.54) is 17.3 Å². The van der Waals surface area contributed by atoms with E-state index in [2.05, 4.69) is 42.9 Å². The zero-order chi connectivity index (χ0) is 22.5. The number of anilines is 1. The third-order valence-electron chi connectivity index (χ3n) is 5.15. The third kappa shape index (κ3) is 5.64. The highest BCUT2D eigenvalue weighted by atomic mass is 32.2. The van der Waals surface area contributed by atoms with Crippen LogP contribution in [0, 0.1) is 13.8 Å². The van der Waals surface area contributed by atoms with E-state index in [1.54, 1.807) is 11.0 Å². The number of benzene rings is 2. The van der Waals surface area contributed by atoms with E-state index < -0.39 is 5.25 Å². The predicted molar refractivity (Wildman–Crippen MR) is 130 cm³/mol. The van der Waals surface area contributed by atoms with Crippen molar-refractivity contribution in [3.05, 3.63) is 71.8 Å². The van der Waals surface area contributed by atoms with Crippen molar-refractivity contribution in [3.8, 4) is 0 Å². The molecule has 162 valence electrons. The van der Waals surface area contributed by atoms with Gasteiger partial charge in [0.1, 0.15) is 5.25 Å². The fourth-order valence-corrected chi connectivity index (χ4v) is 4.47. The Kier molecular flexibility index (Phi) is 7.33. The van der Waals surface area contributed by atoms with Crippen molar-refractivity contribution in [2.75, 3.05) is 11.9 Å². The van der Waals surface area contributed by atoms with Gasteiger partial charge in [-0.25, -0.2) is 4.99 Å². The smallest absolute Gasteiger partial charge is 0.242 e. The second-order valence-electron chi connectivity index (χ2n) is 8.06. The highest BCUT2D eigenvalue weighted by Crippen LogP contribution is 2.32. The lowest BCUT2D eigenvalue weighted by molar-refractivity contribution is -0.127. The summed E-state index contributed by atoms with van der Waals surface area (Å²) in [7, 11) is 0. The van der Waals surface area contributed by atoms with E-state index in [9.17, 15) is 9.59 Å². The molecule has 0 bridgehead atoms. The van der Waals surface area contributed by atoms with Crippen molar-refractivity contribution in [2.45, 2.75) is 45.3 Å². The van der Waals surface area contributed by atoms with Gasteiger partial charge < -0.3 is 5.32 Å². The van der Waals surface area contributed by atoms with Crippen LogP contribution in [0.15, 0.2) is 60.1 Å². The van der Waals surface area contributed by atoms with Gasteiger partial charge in [0.05, 0.1) is 5.69 Å². The summed E-state index contributed by atoms with van der Waals surface area (Å²) in [5.41, 5.74) is 4.87. The molecule has 5 nitrogen and oxygen atoms in total. The molecule has 1 fully saturated rings. The first-order valence-corrected chi connectivity index (χ1v) is 11.3. The maximum atomic E-state index is 12.9. The van der Waals surface area contributed by atoms with Gasteiger partial charge in [0.15, 0.2) is 5.17 Å². The van der Waals surface area contributed by atoms with E-state index >= 15 is 0 Å². The van der Waals surface area contributed by atoms with E-state index in [4.69, 9.17) is 0 Å². The third-order valence-corrected chi connectivity index (χ3v) is 6.33. The summed E-state index contributed by atoms with van der Waals surface area (Å²) in [4.78, 5) is 31.9. The minimum Gasteiger partial charge on any atom is -0.326 e. The van der Waals surface area contributed by atoms with Crippen molar-refractivity contribution in [3.63, 3.8) is 0 Å². The average Bonchev–Trinajstić information content (AvgIpc) is 3.00. The number of amides is 2. The number of aryl methyl sites for hydroxylation is 2. The Morgan fingerprint density at radius 3 is 2.58 bits per heavy atom. The zero-order valence-electron chi connectivity index (χ0n) is 18.5. The van der Waals surface area contributed by atoms with Gasteiger partial charge in [-0.3, -0.25) is 14.5 Å². The SMILES string of the molecule is C=CCN1C(=O)C(CC(=O)Nc2cc(C)ccc2C)SC1=Nc1ccc(C(C)C)cc1. The summed E-state index contributed by atoms with van der Waals surface area (Å²) >= 11 is 1.34. The van der Waals surface area contributed by atoms with Crippen LogP contribution in [0.1, 0.15) is 42.9 Å². The summed E-state index contributed by atoms with van der Waals surface area (Å²) in [5, 5.41) is 3.05. The highest BCUT2D eigenvalue weighted by molar-refractivity contribution is 8.15. The van der Waals surface area contributed by atoms with Gasteiger partial charge in [0.25, 0.3) is 0 Å². The van der Waals surface area contributed by atoms with Crippen LogP contribution >= 0.6 is 11.8 Å². The van der Waals surface area contributed by atoms with E-state index in [-0.39, 0.29) is 18.2 Å². The van der Waals surface area contributed by atoms with E-state index in [0.29, 0.717) is 17.6 Å². The summed E-state index contributed by atoms with van der Waals surface area (Å²) in [6, 6.07) is 13.9. The molecule has 2 amide bonds. The number of amidine groups is 1. The lowest BCUT2D eigenvalue weighted by Crippen LogP contribution is -2.33. The van der Waals surface area contributed by atoms with Gasteiger partial charge >= 0.3 is 0 Å². The standard InChI is InChI=1S/C25H29N3O2S/c1-6-13-28-24(30)22(15-23(29)27-21-14-17(4)7-8-18(21)5)31-25(28)26-20-11-9-19(10-12-20)16(2)3/h6-12,14,16,22H,1,13,15H2,2-5H3,(H,27,29). The quantitative estimate of drug-likeness (QED) is 0.578. The lowest BCUT2D eigenvalue weighted by Gasteiger charge is -2.14. The van der Waals surface area contributed by atoms with Crippen LogP contribution in [0.4, 0.5) is 11.4 Å². The Hall–Kier alpha value is -2.86. The molecule has 31 heavy (non-hydrogen) atoms. The minimum absolute atomic E-state index is 0.0931. The normalized spacial score (nSPS) is 17.5. The van der Waals surface area contributed by atoms with Gasteiger partial charge in [-0.1, -0.05) is 56.0 Å². The molecule has 1 unspecified atom stereocenters. The van der Waals surface area contributed by atoms with Gasteiger partial charge in [0, 0.05) is 18.7 Å². The second-order valence-corrected chi connectivity index (χ2v) is 9.23. The van der Waals surface area contributed by atoms with Crippen LogP contribution in [-0.4, -0.2) is 33.7 Å². The number of hydrogen-bond acceptors (Lipinski definition) is 4. The monoisotopic (exact) mass is 435 g/mol. The van der Waals surface area contributed by atoms with Crippen LogP contribution in [0.5, 0.6) is 0 Å². The molecule has 1 heterocycles. The number of carbonyl (C=O) groups is 2. The number of nitrogens with zero attached hydrogens (tertiary/aromatic N) is 2. The Labute approximate surface area is 188 Å². The summed E-state index contributed by atoms with van der Waals surface area (Å²) in [5.74, 6) is 0.153. The number of aliphatic imine (C=N–C) groups is 1. The first kappa shape index (κ1) is 22.8. The second kappa shape index (κ2) is 9.96. The van der Waals surface area contributed by atoms with Gasteiger partial charge in [-0.15, -0.1) is 6.58 Å². The molecule has 1 N–H and O–H groups in total. The maximum absolute atomic E-state index is 12.9. The Morgan fingerprint density at radius 2 is 1.94 bits per heavy atom. The maximum Gasteiger partial charge on any atom is 0.242 e. The molecule has 6 heteroatoms. The number of hydrogen-bond donors (Lipinski definition) is 1. The molecule has 2 aromatic carbocycles. The summed E-state index contributed by atoms with van der Waals surface area (Å²) in [6.07, 6.45) is 1.77. The van der Waals surface area contributed by atoms with Crippen molar-refractivity contribution in [1.82, 2.24) is 4.90 Å². The molecule has 0 spiro atoms. The largest absolute Gasteiger partial charge is 0.326 e. The van der Waals surface area contributed by atoms with Crippen LogP contribution in [0.2, 0.25) is 0 Å². The first-order valence-electron chi connectivity index (χ1n) is 10.4. The molecule has 0 aromatic heterocycles. The van der Waals surface area contributed by atoms with Gasteiger partial charge in [-0.2, -0.15) is 0 Å². The Balaban J connectivity index is 1.75. The number of rotatable bonds is 7. The topological polar surface area (TPSA) is 61.8 Å². The van der Waals surface area contributed by atoms with Gasteiger partial charge in [0.2, 0.25) is 11.8 Å². The summed E-state index contributed by atoms with van der Waals surface area (Å²) < 4.78 is 0. The molecule has 1 aliphatic rings.